The predicted molar refractivity (Wildman–Crippen MR) is 97.6 cm³/mol. The molecule has 1 aromatic rings. The van der Waals surface area contributed by atoms with Crippen molar-refractivity contribution in [1.82, 2.24) is 9.03 Å². The highest BCUT2D eigenvalue weighted by Gasteiger charge is 2.31. The van der Waals surface area contributed by atoms with E-state index >= 15 is 0 Å². The summed E-state index contributed by atoms with van der Waals surface area (Å²) in [6.07, 6.45) is 7.86. The number of carbonyl (C=O) groups is 1. The summed E-state index contributed by atoms with van der Waals surface area (Å²) in [7, 11) is 0. The second-order valence-electron chi connectivity index (χ2n) is 7.57. The molecular formula is C19H25FN2O3S. The number of amides is 1. The molecule has 7 heteroatoms. The molecule has 2 saturated carbocycles. The molecule has 0 radical (unpaired) electrons. The molecular weight excluding hydrogens is 355 g/mol. The first kappa shape index (κ1) is 17.9. The lowest BCUT2D eigenvalue weighted by molar-refractivity contribution is 0.0976. The SMILES string of the molecule is O=C(NS(=O)N1CCC1)c1cc(C2CC2)c(OCC2CCCC2)cc1F. The van der Waals surface area contributed by atoms with Gasteiger partial charge < -0.3 is 4.74 Å². The molecule has 0 bridgehead atoms. The molecule has 1 amide bonds. The number of ether oxygens (including phenoxy) is 1. The normalized spacial score (nSPS) is 22.0. The van der Waals surface area contributed by atoms with E-state index in [0.29, 0.717) is 37.3 Å². The van der Waals surface area contributed by atoms with Crippen LogP contribution in [0.3, 0.4) is 0 Å². The second kappa shape index (κ2) is 7.64. The molecule has 1 aliphatic heterocycles. The van der Waals surface area contributed by atoms with Crippen molar-refractivity contribution in [2.45, 2.75) is 50.9 Å². The van der Waals surface area contributed by atoms with Gasteiger partial charge in [-0.25, -0.2) is 12.9 Å². The molecule has 0 aromatic heterocycles. The van der Waals surface area contributed by atoms with E-state index in [1.807, 2.05) is 0 Å². The summed E-state index contributed by atoms with van der Waals surface area (Å²) in [6.45, 7) is 2.00. The smallest absolute Gasteiger partial charge is 0.266 e. The minimum atomic E-state index is -1.59. The number of nitrogens with zero attached hydrogens (tertiary/aromatic N) is 1. The van der Waals surface area contributed by atoms with E-state index in [9.17, 15) is 13.4 Å². The minimum absolute atomic E-state index is 0.0472. The summed E-state index contributed by atoms with van der Waals surface area (Å²) in [5, 5.41) is 0. The number of carbonyl (C=O) groups excluding carboxylic acids is 1. The molecule has 4 rings (SSSR count). The van der Waals surface area contributed by atoms with Gasteiger partial charge in [0.2, 0.25) is 0 Å². The Balaban J connectivity index is 1.49. The van der Waals surface area contributed by atoms with Gasteiger partial charge in [-0.2, -0.15) is 0 Å². The van der Waals surface area contributed by atoms with Crippen molar-refractivity contribution in [2.24, 2.45) is 5.92 Å². The highest BCUT2D eigenvalue weighted by molar-refractivity contribution is 7.81. The molecule has 1 heterocycles. The fourth-order valence-electron chi connectivity index (χ4n) is 3.62. The van der Waals surface area contributed by atoms with E-state index in [2.05, 4.69) is 4.72 Å². The lowest BCUT2D eigenvalue weighted by atomic mass is 10.0. The topological polar surface area (TPSA) is 58.6 Å². The third kappa shape index (κ3) is 3.93. The zero-order valence-corrected chi connectivity index (χ0v) is 15.7. The van der Waals surface area contributed by atoms with Gasteiger partial charge in [0.15, 0.2) is 11.2 Å². The van der Waals surface area contributed by atoms with Crippen LogP contribution in [0.4, 0.5) is 4.39 Å². The maximum Gasteiger partial charge on any atom is 0.266 e. The van der Waals surface area contributed by atoms with Crippen LogP contribution in [0.5, 0.6) is 5.75 Å². The largest absolute Gasteiger partial charge is 0.493 e. The molecule has 5 nitrogen and oxygen atoms in total. The Hall–Kier alpha value is -1.47. The van der Waals surface area contributed by atoms with E-state index in [1.54, 1.807) is 10.4 Å². The zero-order chi connectivity index (χ0) is 18.1. The summed E-state index contributed by atoms with van der Waals surface area (Å²) < 4.78 is 36.6. The quantitative estimate of drug-likeness (QED) is 0.790. The van der Waals surface area contributed by atoms with Gasteiger partial charge in [-0.1, -0.05) is 12.8 Å². The van der Waals surface area contributed by atoms with Crippen LogP contribution < -0.4 is 9.46 Å². The van der Waals surface area contributed by atoms with Crippen molar-refractivity contribution in [1.29, 1.82) is 0 Å². The fourth-order valence-corrected chi connectivity index (χ4v) is 4.61. The minimum Gasteiger partial charge on any atom is -0.493 e. The van der Waals surface area contributed by atoms with Crippen LogP contribution in [-0.2, 0) is 11.2 Å². The Labute approximate surface area is 156 Å². The van der Waals surface area contributed by atoms with Crippen molar-refractivity contribution in [3.8, 4) is 5.75 Å². The second-order valence-corrected chi connectivity index (χ2v) is 8.79. The van der Waals surface area contributed by atoms with Gasteiger partial charge >= 0.3 is 0 Å². The van der Waals surface area contributed by atoms with Crippen LogP contribution in [0.2, 0.25) is 0 Å². The van der Waals surface area contributed by atoms with Crippen LogP contribution in [0, 0.1) is 11.7 Å². The molecule has 3 aliphatic rings. The first-order valence-electron chi connectivity index (χ1n) is 9.56. The van der Waals surface area contributed by atoms with Crippen molar-refractivity contribution in [2.75, 3.05) is 19.7 Å². The van der Waals surface area contributed by atoms with Gasteiger partial charge in [0.1, 0.15) is 11.6 Å². The zero-order valence-electron chi connectivity index (χ0n) is 14.8. The van der Waals surface area contributed by atoms with Gasteiger partial charge in [0.05, 0.1) is 12.2 Å². The highest BCUT2D eigenvalue weighted by atomic mass is 32.2. The van der Waals surface area contributed by atoms with Crippen molar-refractivity contribution in [3.05, 3.63) is 29.1 Å². The molecule has 1 unspecified atom stereocenters. The van der Waals surface area contributed by atoms with Gasteiger partial charge in [0.25, 0.3) is 5.91 Å². The average molecular weight is 380 g/mol. The summed E-state index contributed by atoms with van der Waals surface area (Å²) in [4.78, 5) is 12.4. The highest BCUT2D eigenvalue weighted by Crippen LogP contribution is 2.45. The molecule has 0 spiro atoms. The number of nitrogens with one attached hydrogen (secondary N) is 1. The molecule has 1 N–H and O–H groups in total. The summed E-state index contributed by atoms with van der Waals surface area (Å²) in [5.74, 6) is 0.205. The number of benzene rings is 1. The van der Waals surface area contributed by atoms with Crippen LogP contribution in [0.1, 0.15) is 66.8 Å². The third-order valence-corrected chi connectivity index (χ3v) is 6.73. The molecule has 3 fully saturated rings. The fraction of sp³-hybridized carbons (Fsp3) is 0.632. The standard InChI is InChI=1S/C19H25FN2O3S/c20-17-11-18(25-12-13-4-1-2-5-13)15(14-6-7-14)10-16(17)19(23)21-26(24)22-8-3-9-22/h10-11,13-14H,1-9,12H2,(H,21,23). The van der Waals surface area contributed by atoms with Crippen LogP contribution in [-0.4, -0.2) is 34.1 Å². The average Bonchev–Trinajstić information content (AvgIpc) is 3.26. The Morgan fingerprint density at radius 1 is 1.19 bits per heavy atom. The predicted octanol–water partition coefficient (Wildman–Crippen LogP) is 3.29. The number of hydrogen-bond donors (Lipinski definition) is 1. The van der Waals surface area contributed by atoms with E-state index in [4.69, 9.17) is 4.74 Å². The van der Waals surface area contributed by atoms with E-state index in [0.717, 1.165) is 24.8 Å². The lowest BCUT2D eigenvalue weighted by Gasteiger charge is -2.28. The monoisotopic (exact) mass is 380 g/mol. The van der Waals surface area contributed by atoms with Crippen LogP contribution in [0.25, 0.3) is 0 Å². The van der Waals surface area contributed by atoms with Crippen molar-refractivity contribution in [3.63, 3.8) is 0 Å². The lowest BCUT2D eigenvalue weighted by Crippen LogP contribution is -2.45. The van der Waals surface area contributed by atoms with Crippen molar-refractivity contribution < 1.29 is 18.1 Å². The summed E-state index contributed by atoms with van der Waals surface area (Å²) in [5.41, 5.74) is 0.860. The molecule has 1 saturated heterocycles. The molecule has 142 valence electrons. The Morgan fingerprint density at radius 2 is 1.92 bits per heavy atom. The number of rotatable bonds is 7. The molecule has 1 atom stereocenters. The molecule has 26 heavy (non-hydrogen) atoms. The van der Waals surface area contributed by atoms with E-state index < -0.39 is 22.9 Å². The first-order valence-corrected chi connectivity index (χ1v) is 10.7. The summed E-state index contributed by atoms with van der Waals surface area (Å²) in [6, 6.07) is 2.93. The summed E-state index contributed by atoms with van der Waals surface area (Å²) >= 11 is -1.59. The van der Waals surface area contributed by atoms with Gasteiger partial charge in [-0.15, -0.1) is 0 Å². The van der Waals surface area contributed by atoms with Gasteiger partial charge in [-0.05, 0) is 55.6 Å². The Kier molecular flexibility index (Phi) is 5.27. The van der Waals surface area contributed by atoms with Crippen LogP contribution in [0.15, 0.2) is 12.1 Å². The number of hydrogen-bond acceptors (Lipinski definition) is 3. The third-order valence-electron chi connectivity index (χ3n) is 5.54. The Bertz CT molecular complexity index is 713. The van der Waals surface area contributed by atoms with E-state index in [1.165, 1.54) is 31.7 Å². The molecule has 2 aliphatic carbocycles. The first-order chi connectivity index (χ1) is 12.6. The van der Waals surface area contributed by atoms with Gasteiger partial charge in [0, 0.05) is 19.2 Å². The van der Waals surface area contributed by atoms with Gasteiger partial charge in [-0.3, -0.25) is 9.52 Å². The maximum atomic E-state index is 14.6. The van der Waals surface area contributed by atoms with E-state index in [-0.39, 0.29) is 5.56 Å². The van der Waals surface area contributed by atoms with Crippen molar-refractivity contribution >= 4 is 17.1 Å². The maximum absolute atomic E-state index is 14.6. The Morgan fingerprint density at radius 3 is 2.54 bits per heavy atom. The molecule has 1 aromatic carbocycles. The van der Waals surface area contributed by atoms with Crippen LogP contribution >= 0.6 is 0 Å². The number of halogens is 1.